The number of aliphatic hydroxyl groups excluding tert-OH is 1. The Morgan fingerprint density at radius 2 is 1.59 bits per heavy atom. The van der Waals surface area contributed by atoms with Crippen LogP contribution in [0.2, 0.25) is 0 Å². The van der Waals surface area contributed by atoms with Crippen molar-refractivity contribution in [1.29, 1.82) is 0 Å². The Bertz CT molecular complexity index is 1350. The van der Waals surface area contributed by atoms with Gasteiger partial charge in [0.25, 0.3) is 0 Å². The quantitative estimate of drug-likeness (QED) is 0.107. The van der Waals surface area contributed by atoms with Crippen LogP contribution in [0.15, 0.2) is 72.6 Å². The summed E-state index contributed by atoms with van der Waals surface area (Å²) in [5, 5.41) is 11.0. The van der Waals surface area contributed by atoms with Gasteiger partial charge in [0.2, 0.25) is 0 Å². The van der Waals surface area contributed by atoms with Crippen LogP contribution in [0.5, 0.6) is 0 Å². The van der Waals surface area contributed by atoms with Gasteiger partial charge in [0, 0.05) is 59.2 Å². The second-order valence-electron chi connectivity index (χ2n) is 9.84. The van der Waals surface area contributed by atoms with Crippen LogP contribution < -0.4 is 0 Å². The minimum atomic E-state index is 0. The summed E-state index contributed by atoms with van der Waals surface area (Å²) in [6.07, 6.45) is 6.88. The van der Waals surface area contributed by atoms with E-state index < -0.39 is 0 Å². The molecule has 0 amide bonds. The van der Waals surface area contributed by atoms with Gasteiger partial charge in [-0.3, -0.25) is 4.79 Å². The van der Waals surface area contributed by atoms with Crippen molar-refractivity contribution in [2.45, 2.75) is 67.2 Å². The number of hydrogen-bond acceptors (Lipinski definition) is 4. The fraction of sp³-hybridized carbons (Fsp3) is 0.353. The first kappa shape index (κ1) is 32.6. The van der Waals surface area contributed by atoms with Crippen molar-refractivity contribution < 1.29 is 30.0 Å². The monoisotopic (exact) mass is 719 g/mol. The summed E-state index contributed by atoms with van der Waals surface area (Å²) in [5.41, 5.74) is 5.71. The number of aryl methyl sites for hydroxylation is 2. The Hall–Kier alpha value is -2.59. The van der Waals surface area contributed by atoms with Gasteiger partial charge in [-0.05, 0) is 43.0 Å². The van der Waals surface area contributed by atoms with Gasteiger partial charge in [-0.2, -0.15) is 0 Å². The van der Waals surface area contributed by atoms with Crippen LogP contribution >= 0.6 is 11.3 Å². The molecule has 4 rings (SSSR count). The largest absolute Gasteiger partial charge is 0.512 e. The third-order valence-electron chi connectivity index (χ3n) is 6.97. The summed E-state index contributed by atoms with van der Waals surface area (Å²) in [4.78, 5) is 17.6. The number of carbonyl (C=O) groups excluding carboxylic acids is 1. The molecule has 0 saturated heterocycles. The summed E-state index contributed by atoms with van der Waals surface area (Å²) in [6.45, 7) is 12.3. The van der Waals surface area contributed by atoms with Gasteiger partial charge in [0.05, 0.1) is 5.76 Å². The average Bonchev–Trinajstić information content (AvgIpc) is 3.34. The Labute approximate surface area is 251 Å². The Kier molecular flexibility index (Phi) is 13.3. The molecule has 0 aliphatic heterocycles. The molecule has 1 N–H and O–H groups in total. The minimum Gasteiger partial charge on any atom is -0.512 e. The predicted octanol–water partition coefficient (Wildman–Crippen LogP) is 9.91. The number of hydrogen-bond donors (Lipinski definition) is 1. The first-order chi connectivity index (χ1) is 18.3. The molecule has 2 heterocycles. The normalized spacial score (nSPS) is 11.3. The third kappa shape index (κ3) is 8.96. The van der Waals surface area contributed by atoms with E-state index in [4.69, 9.17) is 0 Å². The van der Waals surface area contributed by atoms with Crippen LogP contribution in [0.25, 0.3) is 31.8 Å². The molecule has 0 saturated carbocycles. The van der Waals surface area contributed by atoms with Gasteiger partial charge in [-0.15, -0.1) is 46.2 Å². The minimum absolute atomic E-state index is 0. The van der Waals surface area contributed by atoms with E-state index in [-0.39, 0.29) is 43.5 Å². The van der Waals surface area contributed by atoms with Gasteiger partial charge in [0.1, 0.15) is 0 Å². The van der Waals surface area contributed by atoms with Crippen molar-refractivity contribution in [2.75, 3.05) is 0 Å². The van der Waals surface area contributed by atoms with Gasteiger partial charge in [-0.1, -0.05) is 77.9 Å². The van der Waals surface area contributed by atoms with Gasteiger partial charge in [0.15, 0.2) is 5.78 Å². The first-order valence-electron chi connectivity index (χ1n) is 13.7. The number of fused-ring (bicyclic) bond motifs is 1. The molecule has 2 aromatic carbocycles. The van der Waals surface area contributed by atoms with Crippen molar-refractivity contribution in [3.8, 4) is 21.7 Å². The molecule has 3 nitrogen and oxygen atoms in total. The smallest absolute Gasteiger partial charge is 0.162 e. The molecule has 209 valence electrons. The molecular weight excluding hydrogens is 679 g/mol. The molecule has 4 aromatic rings. The van der Waals surface area contributed by atoms with Crippen LogP contribution in [0.4, 0.5) is 0 Å². The zero-order chi connectivity index (χ0) is 27.7. The van der Waals surface area contributed by atoms with Gasteiger partial charge in [-0.25, -0.2) is 0 Å². The fourth-order valence-corrected chi connectivity index (χ4v) is 5.72. The van der Waals surface area contributed by atoms with Crippen LogP contribution in [0, 0.1) is 31.7 Å². The van der Waals surface area contributed by atoms with Crippen molar-refractivity contribution in [3.63, 3.8) is 0 Å². The zero-order valence-electron chi connectivity index (χ0n) is 23.9. The number of carbonyl (C=O) groups is 1. The van der Waals surface area contributed by atoms with Crippen LogP contribution in [0.3, 0.4) is 0 Å². The van der Waals surface area contributed by atoms with E-state index in [1.54, 1.807) is 0 Å². The van der Waals surface area contributed by atoms with Crippen molar-refractivity contribution in [1.82, 2.24) is 4.98 Å². The molecule has 0 aliphatic rings. The summed E-state index contributed by atoms with van der Waals surface area (Å²) in [5.74, 6) is 0.547. The predicted molar refractivity (Wildman–Crippen MR) is 163 cm³/mol. The number of aromatic nitrogens is 1. The Balaban J connectivity index is 0.000000294. The van der Waals surface area contributed by atoms with Gasteiger partial charge >= 0.3 is 0 Å². The average molecular weight is 719 g/mol. The van der Waals surface area contributed by atoms with E-state index >= 15 is 0 Å². The van der Waals surface area contributed by atoms with Crippen LogP contribution in [-0.2, 0) is 24.9 Å². The van der Waals surface area contributed by atoms with Crippen LogP contribution in [0.1, 0.15) is 64.5 Å². The zero-order valence-corrected chi connectivity index (χ0v) is 27.1. The van der Waals surface area contributed by atoms with Crippen LogP contribution in [-0.4, -0.2) is 15.9 Å². The standard InChI is InChI=1S/C21H16NS.C13H24O2.Ir/c1-14-8-15(2)10-17(9-14)19-12-21-18(13-22-19)11-20(23-21)16-6-4-3-5-7-16;1-5-10(6-2)12(14)9-13(15)11(7-3)8-4;/h3-9,11-13H,1-2H3;9-11,14H,5-8H2,1-4H3;/q-1;;/b;12-9-;. The molecule has 2 aromatic heterocycles. The molecule has 0 fully saturated rings. The fourth-order valence-electron chi connectivity index (χ4n) is 4.64. The second kappa shape index (κ2) is 15.9. The maximum Gasteiger partial charge on any atom is 0.162 e. The summed E-state index contributed by atoms with van der Waals surface area (Å²) in [6, 6.07) is 22.6. The maximum atomic E-state index is 11.7. The topological polar surface area (TPSA) is 50.2 Å². The number of rotatable bonds is 9. The van der Waals surface area contributed by atoms with Gasteiger partial charge < -0.3 is 10.1 Å². The summed E-state index contributed by atoms with van der Waals surface area (Å²) in [7, 11) is 0. The Morgan fingerprint density at radius 1 is 0.949 bits per heavy atom. The second-order valence-corrected chi connectivity index (χ2v) is 10.9. The van der Waals surface area contributed by atoms with Crippen molar-refractivity contribution >= 4 is 27.2 Å². The van der Waals surface area contributed by atoms with E-state index in [1.165, 1.54) is 32.2 Å². The molecular formula is C34H40IrNO2S-. The molecule has 39 heavy (non-hydrogen) atoms. The molecule has 1 radical (unpaired) electrons. The number of nitrogens with zero attached hydrogens (tertiary/aromatic N) is 1. The molecule has 0 atom stereocenters. The molecule has 5 heteroatoms. The number of ketones is 1. The van der Waals surface area contributed by atoms with E-state index in [0.717, 1.165) is 42.5 Å². The molecule has 0 unspecified atom stereocenters. The molecule has 0 spiro atoms. The van der Waals surface area contributed by atoms with E-state index in [0.29, 0.717) is 0 Å². The van der Waals surface area contributed by atoms with Crippen molar-refractivity contribution in [3.05, 3.63) is 89.8 Å². The number of benzene rings is 2. The summed E-state index contributed by atoms with van der Waals surface area (Å²) < 4.78 is 1.27. The first-order valence-corrected chi connectivity index (χ1v) is 14.5. The molecule has 0 aliphatic carbocycles. The molecule has 0 bridgehead atoms. The SMILES string of the molecule is CCC(CC)C(=O)/C=C(\O)C(CC)CC.Cc1[c-]c(-c2cc3sc(-c4ccccc4)cc3cn2)cc(C)c1.[Ir]. The summed E-state index contributed by atoms with van der Waals surface area (Å²) >= 11 is 1.81. The third-order valence-corrected chi connectivity index (χ3v) is 8.11. The Morgan fingerprint density at radius 3 is 2.18 bits per heavy atom. The van der Waals surface area contributed by atoms with Crippen molar-refractivity contribution in [2.24, 2.45) is 11.8 Å². The number of pyridine rings is 1. The number of aliphatic hydroxyl groups is 1. The number of thiophene rings is 1. The van der Waals surface area contributed by atoms with E-state index in [9.17, 15) is 9.90 Å². The number of allylic oxidation sites excluding steroid dienone is 2. The van der Waals surface area contributed by atoms with E-state index in [2.05, 4.69) is 73.4 Å². The maximum absolute atomic E-state index is 11.7. The van der Waals surface area contributed by atoms with E-state index in [1.807, 2.05) is 51.3 Å².